The van der Waals surface area contributed by atoms with E-state index in [1.165, 1.54) is 42.0 Å². The molecule has 0 fully saturated rings. The van der Waals surface area contributed by atoms with Gasteiger partial charge in [-0.05, 0) is 95.1 Å². The molecule has 0 unspecified atom stereocenters. The number of rotatable bonds is 9. The first-order chi connectivity index (χ1) is 23.8. The minimum Gasteiger partial charge on any atom is -0.302 e. The zero-order chi connectivity index (χ0) is 32.1. The largest absolute Gasteiger partial charge is 0.302 e. The van der Waals surface area contributed by atoms with E-state index in [-0.39, 0.29) is 0 Å². The van der Waals surface area contributed by atoms with Gasteiger partial charge in [-0.2, -0.15) is 0 Å². The first-order valence-corrected chi connectivity index (χ1v) is 17.6. The van der Waals surface area contributed by atoms with Crippen molar-refractivity contribution < 1.29 is 0 Å². The summed E-state index contributed by atoms with van der Waals surface area (Å²) in [5.74, 6) is 0. The van der Waals surface area contributed by atoms with Gasteiger partial charge < -0.3 is 9.80 Å². The van der Waals surface area contributed by atoms with E-state index in [2.05, 4.69) is 204 Å². The molecule has 0 aliphatic carbocycles. The molecule has 4 heteroatoms. The molecule has 0 spiro atoms. The Kier molecular flexibility index (Phi) is 8.41. The van der Waals surface area contributed by atoms with E-state index >= 15 is 0 Å². The third kappa shape index (κ3) is 6.19. The van der Waals surface area contributed by atoms with Crippen LogP contribution in [0.5, 0.6) is 0 Å². The molecule has 2 heterocycles. The van der Waals surface area contributed by atoms with Crippen LogP contribution in [0.25, 0.3) is 32.0 Å². The highest BCUT2D eigenvalue weighted by Gasteiger charge is 2.17. The fraction of sp³-hybridized carbons (Fsp3) is 0. The third-order valence-electron chi connectivity index (χ3n) is 8.35. The normalized spacial score (nSPS) is 10.9. The lowest BCUT2D eigenvalue weighted by Crippen LogP contribution is -2.08. The van der Waals surface area contributed by atoms with Crippen LogP contribution in [0.1, 0.15) is 0 Å². The molecule has 0 saturated carbocycles. The highest BCUT2D eigenvalue weighted by molar-refractivity contribution is 7.19. The van der Waals surface area contributed by atoms with E-state index < -0.39 is 0 Å². The molecule has 0 N–H and O–H groups in total. The summed E-state index contributed by atoms with van der Waals surface area (Å²) in [5.41, 5.74) is 9.38. The minimum absolute atomic E-state index is 1.13. The first-order valence-electron chi connectivity index (χ1n) is 16.0. The molecule has 0 atom stereocenters. The van der Waals surface area contributed by atoms with Gasteiger partial charge >= 0.3 is 0 Å². The summed E-state index contributed by atoms with van der Waals surface area (Å²) in [4.78, 5) is 7.19. The Bertz CT molecular complexity index is 2040. The smallest absolute Gasteiger partial charge is 0.101 e. The van der Waals surface area contributed by atoms with Gasteiger partial charge in [0.05, 0.1) is 0 Å². The van der Waals surface area contributed by atoms with Gasteiger partial charge in [0.2, 0.25) is 0 Å². The van der Waals surface area contributed by atoms with Crippen LogP contribution in [0.2, 0.25) is 0 Å². The van der Waals surface area contributed by atoms with Crippen molar-refractivity contribution in [2.24, 2.45) is 0 Å². The Morgan fingerprint density at radius 1 is 0.250 bits per heavy atom. The monoisotopic (exact) mass is 652 g/mol. The van der Waals surface area contributed by atoms with Gasteiger partial charge in [0.25, 0.3) is 0 Å². The molecule has 2 nitrogen and oxygen atoms in total. The highest BCUT2D eigenvalue weighted by atomic mass is 32.1. The molecule has 2 aromatic heterocycles. The number of nitrogens with zero attached hydrogens (tertiary/aromatic N) is 2. The van der Waals surface area contributed by atoms with Gasteiger partial charge in [-0.3, -0.25) is 0 Å². The maximum absolute atomic E-state index is 2.34. The van der Waals surface area contributed by atoms with Crippen molar-refractivity contribution in [2.75, 3.05) is 9.80 Å². The fourth-order valence-corrected chi connectivity index (χ4v) is 8.09. The number of hydrogen-bond acceptors (Lipinski definition) is 4. The molecular weight excluding hydrogens is 621 g/mol. The third-order valence-corrected chi connectivity index (χ3v) is 10.6. The SMILES string of the molecule is c1ccc(-c2ccc(N(c3ccccc3)c3ccc(-c4ccc(N(c5ccccc5)c5ccc(-c6ccccc6)s5)cc4)cc3)s2)cc1. The van der Waals surface area contributed by atoms with Crippen molar-refractivity contribution >= 4 is 55.4 Å². The summed E-state index contributed by atoms with van der Waals surface area (Å²) in [6, 6.07) is 69.1. The van der Waals surface area contributed by atoms with Crippen molar-refractivity contribution in [3.63, 3.8) is 0 Å². The predicted octanol–water partition coefficient (Wildman–Crippen LogP) is 13.8. The second-order valence-electron chi connectivity index (χ2n) is 11.4. The van der Waals surface area contributed by atoms with Crippen LogP contribution in [-0.2, 0) is 0 Å². The van der Waals surface area contributed by atoms with E-state index in [1.807, 2.05) is 22.7 Å². The molecule has 48 heavy (non-hydrogen) atoms. The lowest BCUT2D eigenvalue weighted by atomic mass is 10.0. The van der Waals surface area contributed by atoms with E-state index in [0.29, 0.717) is 0 Å². The molecule has 0 amide bonds. The topological polar surface area (TPSA) is 6.48 Å². The van der Waals surface area contributed by atoms with E-state index in [4.69, 9.17) is 0 Å². The molecule has 230 valence electrons. The van der Waals surface area contributed by atoms with E-state index in [1.54, 1.807) is 0 Å². The summed E-state index contributed by atoms with van der Waals surface area (Å²) in [6.07, 6.45) is 0. The Morgan fingerprint density at radius 2 is 0.562 bits per heavy atom. The van der Waals surface area contributed by atoms with Gasteiger partial charge in [0, 0.05) is 32.5 Å². The van der Waals surface area contributed by atoms with Crippen LogP contribution in [0.4, 0.5) is 32.8 Å². The van der Waals surface area contributed by atoms with Crippen LogP contribution in [0.15, 0.2) is 194 Å². The van der Waals surface area contributed by atoms with Crippen molar-refractivity contribution in [3.8, 4) is 32.0 Å². The van der Waals surface area contributed by atoms with E-state index in [0.717, 1.165) is 22.7 Å². The van der Waals surface area contributed by atoms with Crippen LogP contribution in [-0.4, -0.2) is 0 Å². The fourth-order valence-electron chi connectivity index (χ4n) is 5.98. The lowest BCUT2D eigenvalue weighted by Gasteiger charge is -2.24. The molecule has 6 aromatic carbocycles. The zero-order valence-electron chi connectivity index (χ0n) is 26.2. The summed E-state index contributed by atoms with van der Waals surface area (Å²) in [5, 5.41) is 2.37. The maximum Gasteiger partial charge on any atom is 0.101 e. The van der Waals surface area contributed by atoms with Crippen LogP contribution in [0, 0.1) is 0 Å². The Morgan fingerprint density at radius 3 is 0.917 bits per heavy atom. The zero-order valence-corrected chi connectivity index (χ0v) is 27.8. The summed E-state index contributed by atoms with van der Waals surface area (Å²) in [6.45, 7) is 0. The minimum atomic E-state index is 1.13. The van der Waals surface area contributed by atoms with Crippen LogP contribution in [0.3, 0.4) is 0 Å². The molecule has 8 rings (SSSR count). The lowest BCUT2D eigenvalue weighted by molar-refractivity contribution is 1.31. The molecule has 8 aromatic rings. The number of hydrogen-bond donors (Lipinski definition) is 0. The summed E-state index contributed by atoms with van der Waals surface area (Å²) in [7, 11) is 0. The summed E-state index contributed by atoms with van der Waals surface area (Å²) < 4.78 is 0. The van der Waals surface area contributed by atoms with Crippen molar-refractivity contribution in [1.82, 2.24) is 0 Å². The molecule has 0 aliphatic heterocycles. The van der Waals surface area contributed by atoms with Gasteiger partial charge in [0.15, 0.2) is 0 Å². The molecule has 0 saturated heterocycles. The van der Waals surface area contributed by atoms with Crippen molar-refractivity contribution in [3.05, 3.63) is 194 Å². The van der Waals surface area contributed by atoms with Gasteiger partial charge in [-0.25, -0.2) is 0 Å². The standard InChI is InChI=1S/C44H32N2S2/c1-5-13-35(14-6-1)41-29-31-43(47-41)45(37-17-9-3-10-18-37)39-25-21-33(22-26-39)34-23-27-40(28-24-34)46(38-19-11-4-12-20-38)44-32-30-42(48-44)36-15-7-2-8-16-36/h1-32H. The number of thiophene rings is 2. The Balaban J connectivity index is 1.09. The average molecular weight is 653 g/mol. The molecule has 0 bridgehead atoms. The van der Waals surface area contributed by atoms with Gasteiger partial charge in [0.1, 0.15) is 10.0 Å². The van der Waals surface area contributed by atoms with Crippen molar-refractivity contribution in [1.29, 1.82) is 0 Å². The summed E-state index contributed by atoms with van der Waals surface area (Å²) >= 11 is 3.61. The van der Waals surface area contributed by atoms with Crippen LogP contribution >= 0.6 is 22.7 Å². The van der Waals surface area contributed by atoms with Crippen molar-refractivity contribution in [2.45, 2.75) is 0 Å². The quantitative estimate of drug-likeness (QED) is 0.153. The van der Waals surface area contributed by atoms with Gasteiger partial charge in [-0.1, -0.05) is 121 Å². The molecular formula is C44H32N2S2. The Labute approximate surface area is 290 Å². The maximum atomic E-state index is 2.34. The molecule has 0 aliphatic rings. The number of benzene rings is 6. The van der Waals surface area contributed by atoms with Crippen LogP contribution < -0.4 is 9.80 Å². The predicted molar refractivity (Wildman–Crippen MR) is 208 cm³/mol. The second kappa shape index (κ2) is 13.6. The molecule has 0 radical (unpaired) electrons. The van der Waals surface area contributed by atoms with Gasteiger partial charge in [-0.15, -0.1) is 22.7 Å². The average Bonchev–Trinajstić information content (AvgIpc) is 3.86. The number of para-hydroxylation sites is 2. The van der Waals surface area contributed by atoms with E-state index in [9.17, 15) is 0 Å². The first kappa shape index (κ1) is 29.7. The Hall–Kier alpha value is -5.68. The second-order valence-corrected chi connectivity index (χ2v) is 13.6. The highest BCUT2D eigenvalue weighted by Crippen LogP contribution is 2.44. The number of anilines is 6.